The van der Waals surface area contributed by atoms with E-state index in [1.54, 1.807) is 0 Å². The van der Waals surface area contributed by atoms with E-state index >= 15 is 0 Å². The third-order valence-corrected chi connectivity index (χ3v) is 0. The van der Waals surface area contributed by atoms with Crippen molar-refractivity contribution in [3.8, 4) is 0 Å². The van der Waals surface area contributed by atoms with Crippen molar-refractivity contribution in [1.82, 2.24) is 0 Å². The summed E-state index contributed by atoms with van der Waals surface area (Å²) in [6.45, 7) is 8.00. The molecule has 0 bridgehead atoms. The van der Waals surface area contributed by atoms with Gasteiger partial charge in [-0.05, 0) is 11.8 Å². The summed E-state index contributed by atoms with van der Waals surface area (Å²) in [5, 5.41) is 0. The fraction of sp³-hybridized carbons (Fsp3) is 0.667. The zero-order chi connectivity index (χ0) is 9.91. The quantitative estimate of drug-likeness (QED) is 0.277. The molecule has 0 amide bonds. The third-order valence-electron chi connectivity index (χ3n) is 0. The second-order valence-corrected chi connectivity index (χ2v) is 6.71. The molecule has 2 nitrogen and oxygen atoms in total. The van der Waals surface area contributed by atoms with Gasteiger partial charge in [0.15, 0.2) is 0 Å². The fourth-order valence-electron chi connectivity index (χ4n) is 0. The van der Waals surface area contributed by atoms with Crippen molar-refractivity contribution in [1.29, 1.82) is 0 Å². The van der Waals surface area contributed by atoms with Crippen LogP contribution in [0.4, 0.5) is 0 Å². The molecule has 0 aliphatic carbocycles. The summed E-state index contributed by atoms with van der Waals surface area (Å²) in [6.07, 6.45) is 4.00. The number of hydrogen-bond acceptors (Lipinski definition) is 1. The molecule has 12 heavy (non-hydrogen) atoms. The second-order valence-electron chi connectivity index (χ2n) is 1.67. The molecule has 0 aromatic rings. The van der Waals surface area contributed by atoms with E-state index in [0.29, 0.717) is 0 Å². The minimum Gasteiger partial charge on any atom is -0.338 e. The topological polar surface area (TPSA) is 40.5 Å². The summed E-state index contributed by atoms with van der Waals surface area (Å²) in [7, 11) is 0. The standard InChI is InChI=1S/2C3H7.H3O2PS2.Zn/c2*1-3-2;1-3(2,4)5;/h2*3H,1-2H3;(H3,1,2,4,5);/q2*-1;;+2. The predicted octanol–water partition coefficient (Wildman–Crippen LogP) is 2.58. The Labute approximate surface area is 99.2 Å². The van der Waals surface area contributed by atoms with E-state index in [0.717, 1.165) is 0 Å². The van der Waals surface area contributed by atoms with Crippen LogP contribution in [0.2, 0.25) is 0 Å². The molecule has 0 aliphatic heterocycles. The Balaban J connectivity index is -0.0000000406. The van der Waals surface area contributed by atoms with Crippen LogP contribution < -0.4 is 0 Å². The van der Waals surface area contributed by atoms with Crippen molar-refractivity contribution >= 4 is 29.7 Å². The smallest absolute Gasteiger partial charge is 0.338 e. The van der Waals surface area contributed by atoms with Gasteiger partial charge in [-0.1, -0.05) is 12.2 Å². The van der Waals surface area contributed by atoms with Gasteiger partial charge >= 0.3 is 19.5 Å². The van der Waals surface area contributed by atoms with Gasteiger partial charge < -0.3 is 22.6 Å². The van der Waals surface area contributed by atoms with Crippen LogP contribution >= 0.6 is 17.9 Å². The minimum absolute atomic E-state index is 0. The second kappa shape index (κ2) is 18.4. The minimum atomic E-state index is -3.11. The summed E-state index contributed by atoms with van der Waals surface area (Å²) in [5.74, 6) is 0. The normalized spacial score (nSPS) is 7.92. The molecule has 6 heteroatoms. The average molecular weight is 282 g/mol. The Morgan fingerprint density at radius 2 is 1.08 bits per heavy atom. The average Bonchev–Trinajstić information content (AvgIpc) is 1.62. The Morgan fingerprint density at radius 1 is 1.08 bits per heavy atom. The first-order chi connectivity index (χ1) is 4.83. The summed E-state index contributed by atoms with van der Waals surface area (Å²) in [5.41, 5.74) is -3.11. The van der Waals surface area contributed by atoms with Gasteiger partial charge in [0.1, 0.15) is 0 Å². The first-order valence-corrected chi connectivity index (χ1v) is 6.95. The van der Waals surface area contributed by atoms with Gasteiger partial charge in [0.25, 0.3) is 0 Å². The molecule has 2 N–H and O–H groups in total. The molecular weight excluding hydrogens is 265 g/mol. The Morgan fingerprint density at radius 3 is 1.08 bits per heavy atom. The fourth-order valence-corrected chi connectivity index (χ4v) is 0. The summed E-state index contributed by atoms with van der Waals surface area (Å²) in [6, 6.07) is 0. The van der Waals surface area contributed by atoms with Gasteiger partial charge in [0, 0.05) is 0 Å². The van der Waals surface area contributed by atoms with Gasteiger partial charge in [0.05, 0.1) is 0 Å². The molecule has 0 radical (unpaired) electrons. The van der Waals surface area contributed by atoms with Crippen LogP contribution in [0.25, 0.3) is 0 Å². The van der Waals surface area contributed by atoms with Gasteiger partial charge in [-0.15, -0.1) is 0 Å². The molecular formula is C6H17O2PS2Zn. The van der Waals surface area contributed by atoms with Gasteiger partial charge in [-0.25, -0.2) is 0 Å². The molecule has 0 rings (SSSR count). The van der Waals surface area contributed by atoms with E-state index in [1.807, 2.05) is 40.5 Å². The molecule has 0 aliphatic rings. The van der Waals surface area contributed by atoms with Crippen molar-refractivity contribution in [2.24, 2.45) is 0 Å². The van der Waals surface area contributed by atoms with Crippen molar-refractivity contribution in [3.05, 3.63) is 12.8 Å². The molecule has 72 valence electrons. The first-order valence-electron chi connectivity index (χ1n) is 3.09. The number of rotatable bonds is 0. The van der Waals surface area contributed by atoms with Crippen LogP contribution in [-0.2, 0) is 31.3 Å². The molecule has 0 saturated carbocycles. The van der Waals surface area contributed by atoms with Crippen molar-refractivity contribution in [2.45, 2.75) is 27.7 Å². The summed E-state index contributed by atoms with van der Waals surface area (Å²) < 4.78 is 0. The van der Waals surface area contributed by atoms with Crippen LogP contribution in [0.15, 0.2) is 0 Å². The van der Waals surface area contributed by atoms with E-state index in [1.165, 1.54) is 0 Å². The Bertz CT molecular complexity index is 87.3. The molecule has 0 aromatic heterocycles. The summed E-state index contributed by atoms with van der Waals surface area (Å²) >= 11 is 7.07. The van der Waals surface area contributed by atoms with Gasteiger partial charge in [-0.2, -0.15) is 27.7 Å². The number of hydrogen-bond donors (Lipinski definition) is 3. The SMILES string of the molecule is C[CH-]C.C[CH-]C.OP(O)(=S)S.[Zn+2]. The van der Waals surface area contributed by atoms with E-state index in [-0.39, 0.29) is 19.5 Å². The largest absolute Gasteiger partial charge is 2.00 e. The number of thiol groups is 1. The van der Waals surface area contributed by atoms with E-state index in [2.05, 4.69) is 24.1 Å². The maximum atomic E-state index is 7.87. The van der Waals surface area contributed by atoms with Gasteiger partial charge in [-0.3, -0.25) is 0 Å². The molecule has 0 fully saturated rings. The third kappa shape index (κ3) is 539. The Hall–Kier alpha value is 1.54. The predicted molar refractivity (Wildman–Crippen MR) is 59.0 cm³/mol. The summed E-state index contributed by atoms with van der Waals surface area (Å²) in [4.78, 5) is 15.7. The molecule has 0 saturated heterocycles. The zero-order valence-corrected chi connectivity index (χ0v) is 13.6. The maximum absolute atomic E-state index is 7.87. The molecule has 0 heterocycles. The molecule has 0 atom stereocenters. The van der Waals surface area contributed by atoms with Crippen molar-refractivity contribution in [3.63, 3.8) is 0 Å². The van der Waals surface area contributed by atoms with Crippen LogP contribution in [0.5, 0.6) is 0 Å². The maximum Gasteiger partial charge on any atom is 2.00 e. The van der Waals surface area contributed by atoms with Crippen LogP contribution in [0.1, 0.15) is 27.7 Å². The van der Waals surface area contributed by atoms with Crippen LogP contribution in [-0.4, -0.2) is 9.79 Å². The van der Waals surface area contributed by atoms with Crippen LogP contribution in [0, 0.1) is 12.8 Å². The van der Waals surface area contributed by atoms with Crippen molar-refractivity contribution in [2.75, 3.05) is 0 Å². The van der Waals surface area contributed by atoms with Gasteiger partial charge in [0.2, 0.25) is 5.69 Å². The Kier molecular flexibility index (Phi) is 35.8. The van der Waals surface area contributed by atoms with E-state index in [4.69, 9.17) is 9.79 Å². The van der Waals surface area contributed by atoms with Crippen molar-refractivity contribution < 1.29 is 29.3 Å². The molecule has 0 unspecified atom stereocenters. The molecule has 0 aromatic carbocycles. The zero-order valence-electron chi connectivity index (χ0n) is 8.06. The first kappa shape index (κ1) is 23.4. The van der Waals surface area contributed by atoms with E-state index in [9.17, 15) is 0 Å². The molecule has 0 spiro atoms. The van der Waals surface area contributed by atoms with Crippen LogP contribution in [0.3, 0.4) is 0 Å². The monoisotopic (exact) mass is 280 g/mol. The van der Waals surface area contributed by atoms with E-state index < -0.39 is 5.69 Å².